The lowest BCUT2D eigenvalue weighted by Crippen LogP contribution is -2.45. The Bertz CT molecular complexity index is 282. The third-order valence-electron chi connectivity index (χ3n) is 3.00. The van der Waals surface area contributed by atoms with Crippen molar-refractivity contribution < 1.29 is 8.42 Å². The molecular formula is C10H22N2O2S. The maximum absolute atomic E-state index is 12.1. The SMILES string of the molecule is CC(C)S(=O)(=O)N(CCN)C1CCCC1. The molecule has 0 aromatic rings. The molecule has 0 aromatic heterocycles. The van der Waals surface area contributed by atoms with Gasteiger partial charge in [-0.3, -0.25) is 0 Å². The van der Waals surface area contributed by atoms with Crippen LogP contribution in [0.4, 0.5) is 0 Å². The molecule has 2 N–H and O–H groups in total. The summed E-state index contributed by atoms with van der Waals surface area (Å²) in [7, 11) is -3.13. The molecule has 0 atom stereocenters. The van der Waals surface area contributed by atoms with Crippen molar-refractivity contribution in [1.29, 1.82) is 0 Å². The highest BCUT2D eigenvalue weighted by atomic mass is 32.2. The number of nitrogens with two attached hydrogens (primary N) is 1. The lowest BCUT2D eigenvalue weighted by molar-refractivity contribution is 0.326. The lowest BCUT2D eigenvalue weighted by atomic mass is 10.2. The standard InChI is InChI=1S/C10H22N2O2S/c1-9(2)15(13,14)12(8-7-11)10-5-3-4-6-10/h9-10H,3-8,11H2,1-2H3. The molecule has 0 radical (unpaired) electrons. The summed E-state index contributed by atoms with van der Waals surface area (Å²) in [6.07, 6.45) is 4.26. The van der Waals surface area contributed by atoms with Crippen LogP contribution >= 0.6 is 0 Å². The van der Waals surface area contributed by atoms with E-state index in [2.05, 4.69) is 0 Å². The molecule has 1 rings (SSSR count). The molecule has 0 aromatic carbocycles. The number of hydrogen-bond donors (Lipinski definition) is 1. The van der Waals surface area contributed by atoms with Crippen molar-refractivity contribution in [3.63, 3.8) is 0 Å². The molecule has 0 bridgehead atoms. The van der Waals surface area contributed by atoms with Gasteiger partial charge in [0.2, 0.25) is 10.0 Å². The minimum Gasteiger partial charge on any atom is -0.329 e. The van der Waals surface area contributed by atoms with Gasteiger partial charge in [0.25, 0.3) is 0 Å². The van der Waals surface area contributed by atoms with Crippen molar-refractivity contribution in [3.05, 3.63) is 0 Å². The van der Waals surface area contributed by atoms with Crippen LogP contribution in [0.5, 0.6) is 0 Å². The summed E-state index contributed by atoms with van der Waals surface area (Å²) in [5, 5.41) is -0.343. The Hall–Kier alpha value is -0.130. The van der Waals surface area contributed by atoms with Gasteiger partial charge in [-0.25, -0.2) is 8.42 Å². The largest absolute Gasteiger partial charge is 0.329 e. The van der Waals surface area contributed by atoms with E-state index in [-0.39, 0.29) is 11.3 Å². The second kappa shape index (κ2) is 5.27. The van der Waals surface area contributed by atoms with Crippen molar-refractivity contribution >= 4 is 10.0 Å². The topological polar surface area (TPSA) is 63.4 Å². The van der Waals surface area contributed by atoms with Crippen LogP contribution in [0.2, 0.25) is 0 Å². The smallest absolute Gasteiger partial charge is 0.216 e. The molecule has 0 amide bonds. The molecule has 0 aliphatic heterocycles. The third-order valence-corrected chi connectivity index (χ3v) is 5.33. The first-order valence-electron chi connectivity index (χ1n) is 5.71. The van der Waals surface area contributed by atoms with Crippen LogP contribution in [0.1, 0.15) is 39.5 Å². The van der Waals surface area contributed by atoms with Gasteiger partial charge in [0.05, 0.1) is 5.25 Å². The fourth-order valence-electron chi connectivity index (χ4n) is 2.11. The molecule has 4 nitrogen and oxygen atoms in total. The summed E-state index contributed by atoms with van der Waals surface area (Å²) in [5.74, 6) is 0. The highest BCUT2D eigenvalue weighted by Crippen LogP contribution is 2.26. The van der Waals surface area contributed by atoms with E-state index in [9.17, 15) is 8.42 Å². The molecule has 0 spiro atoms. The van der Waals surface area contributed by atoms with Crippen LogP contribution in [-0.4, -0.2) is 37.1 Å². The van der Waals surface area contributed by atoms with E-state index in [4.69, 9.17) is 5.73 Å². The zero-order valence-corrected chi connectivity index (χ0v) is 10.5. The number of rotatable bonds is 5. The van der Waals surface area contributed by atoms with Crippen molar-refractivity contribution in [2.24, 2.45) is 5.73 Å². The summed E-state index contributed by atoms with van der Waals surface area (Å²) in [4.78, 5) is 0. The van der Waals surface area contributed by atoms with E-state index in [0.29, 0.717) is 13.1 Å². The molecule has 90 valence electrons. The monoisotopic (exact) mass is 234 g/mol. The predicted molar refractivity (Wildman–Crippen MR) is 62.1 cm³/mol. The van der Waals surface area contributed by atoms with Gasteiger partial charge in [-0.2, -0.15) is 4.31 Å². The maximum Gasteiger partial charge on any atom is 0.216 e. The van der Waals surface area contributed by atoms with E-state index in [1.165, 1.54) is 0 Å². The van der Waals surface area contributed by atoms with E-state index < -0.39 is 10.0 Å². The molecule has 1 saturated carbocycles. The van der Waals surface area contributed by atoms with Gasteiger partial charge in [0, 0.05) is 19.1 Å². The quantitative estimate of drug-likeness (QED) is 0.769. The molecule has 1 aliphatic carbocycles. The average molecular weight is 234 g/mol. The fourth-order valence-corrected chi connectivity index (χ4v) is 3.64. The molecule has 0 saturated heterocycles. The van der Waals surface area contributed by atoms with Gasteiger partial charge in [-0.05, 0) is 26.7 Å². The van der Waals surface area contributed by atoms with Crippen LogP contribution in [0.3, 0.4) is 0 Å². The molecular weight excluding hydrogens is 212 g/mol. The first-order valence-corrected chi connectivity index (χ1v) is 7.21. The predicted octanol–water partition coefficient (Wildman–Crippen LogP) is 0.928. The summed E-state index contributed by atoms with van der Waals surface area (Å²) in [5.41, 5.74) is 5.49. The minimum absolute atomic E-state index is 0.195. The highest BCUT2D eigenvalue weighted by Gasteiger charge is 2.33. The Morgan fingerprint density at radius 2 is 1.87 bits per heavy atom. The second-order valence-electron chi connectivity index (χ2n) is 4.43. The second-order valence-corrected chi connectivity index (χ2v) is 6.87. The molecule has 1 aliphatic rings. The number of nitrogens with zero attached hydrogens (tertiary/aromatic N) is 1. The van der Waals surface area contributed by atoms with Crippen molar-refractivity contribution in [2.75, 3.05) is 13.1 Å². The van der Waals surface area contributed by atoms with E-state index in [1.54, 1.807) is 18.2 Å². The molecule has 0 heterocycles. The number of sulfonamides is 1. The van der Waals surface area contributed by atoms with Gasteiger partial charge >= 0.3 is 0 Å². The van der Waals surface area contributed by atoms with Crippen molar-refractivity contribution in [3.8, 4) is 0 Å². The van der Waals surface area contributed by atoms with E-state index in [1.807, 2.05) is 0 Å². The van der Waals surface area contributed by atoms with E-state index >= 15 is 0 Å². The molecule has 0 unspecified atom stereocenters. The summed E-state index contributed by atoms with van der Waals surface area (Å²) in [6.45, 7) is 4.33. The number of hydrogen-bond acceptors (Lipinski definition) is 3. The first kappa shape index (κ1) is 12.9. The van der Waals surface area contributed by atoms with Crippen molar-refractivity contribution in [1.82, 2.24) is 4.31 Å². The summed E-state index contributed by atoms with van der Waals surface area (Å²) >= 11 is 0. The van der Waals surface area contributed by atoms with Gasteiger partial charge in [0.15, 0.2) is 0 Å². The third kappa shape index (κ3) is 2.92. The summed E-state index contributed by atoms with van der Waals surface area (Å²) < 4.78 is 25.8. The lowest BCUT2D eigenvalue weighted by Gasteiger charge is -2.29. The van der Waals surface area contributed by atoms with Gasteiger partial charge in [0.1, 0.15) is 0 Å². The van der Waals surface area contributed by atoms with Crippen LogP contribution in [0, 0.1) is 0 Å². The molecule has 15 heavy (non-hydrogen) atoms. The zero-order chi connectivity index (χ0) is 11.5. The molecule has 5 heteroatoms. The Balaban J connectivity index is 2.81. The van der Waals surface area contributed by atoms with Crippen molar-refractivity contribution in [2.45, 2.75) is 50.8 Å². The highest BCUT2D eigenvalue weighted by molar-refractivity contribution is 7.89. The fraction of sp³-hybridized carbons (Fsp3) is 1.00. The molecule has 1 fully saturated rings. The van der Waals surface area contributed by atoms with Crippen LogP contribution in [-0.2, 0) is 10.0 Å². The minimum atomic E-state index is -3.13. The van der Waals surface area contributed by atoms with Crippen LogP contribution in [0.15, 0.2) is 0 Å². The Labute approximate surface area is 92.9 Å². The van der Waals surface area contributed by atoms with Gasteiger partial charge < -0.3 is 5.73 Å². The Kier molecular flexibility index (Phi) is 4.55. The van der Waals surface area contributed by atoms with Gasteiger partial charge in [-0.15, -0.1) is 0 Å². The average Bonchev–Trinajstić information content (AvgIpc) is 2.66. The van der Waals surface area contributed by atoms with Crippen LogP contribution in [0.25, 0.3) is 0 Å². The Morgan fingerprint density at radius 3 is 2.27 bits per heavy atom. The van der Waals surface area contributed by atoms with Gasteiger partial charge in [-0.1, -0.05) is 12.8 Å². The zero-order valence-electron chi connectivity index (χ0n) is 9.65. The normalized spacial score (nSPS) is 19.3. The maximum atomic E-state index is 12.1. The Morgan fingerprint density at radius 1 is 1.33 bits per heavy atom. The summed E-state index contributed by atoms with van der Waals surface area (Å²) in [6, 6.07) is 0.195. The first-order chi connectivity index (χ1) is 7.00. The van der Waals surface area contributed by atoms with E-state index in [0.717, 1.165) is 25.7 Å². The van der Waals surface area contributed by atoms with Crippen LogP contribution < -0.4 is 5.73 Å².